The molecule has 0 spiro atoms. The molecule has 0 aliphatic rings. The summed E-state index contributed by atoms with van der Waals surface area (Å²) in [7, 11) is 4.81. The minimum Gasteiger partial charge on any atom is -0.497 e. The summed E-state index contributed by atoms with van der Waals surface area (Å²) in [6.07, 6.45) is 13.8. The van der Waals surface area contributed by atoms with Gasteiger partial charge in [-0.2, -0.15) is 0 Å². The number of rotatable bonds is 9. The van der Waals surface area contributed by atoms with E-state index in [1.54, 1.807) is 45.6 Å². The van der Waals surface area contributed by atoms with Crippen molar-refractivity contribution in [3.05, 3.63) is 66.3 Å². The third-order valence-corrected chi connectivity index (χ3v) is 2.81. The second kappa shape index (κ2) is 11.0. The highest BCUT2D eigenvalue weighted by atomic mass is 16.5. The Labute approximate surface area is 137 Å². The number of benzene rings is 1. The predicted octanol–water partition coefficient (Wildman–Crippen LogP) is 3.60. The van der Waals surface area contributed by atoms with Gasteiger partial charge in [0.15, 0.2) is 5.78 Å². The van der Waals surface area contributed by atoms with Crippen molar-refractivity contribution in [2.24, 2.45) is 0 Å². The van der Waals surface area contributed by atoms with Crippen LogP contribution in [-0.2, 0) is 9.53 Å². The van der Waals surface area contributed by atoms with Gasteiger partial charge in [0.25, 0.3) is 0 Å². The van der Waals surface area contributed by atoms with Gasteiger partial charge in [-0.1, -0.05) is 36.5 Å². The number of ether oxygens (including phenoxy) is 3. The molecule has 0 amide bonds. The molecule has 0 aliphatic heterocycles. The molecular formula is C19H22O4. The van der Waals surface area contributed by atoms with E-state index in [1.807, 2.05) is 30.4 Å². The maximum Gasteiger partial charge on any atom is 0.178 e. The molecule has 1 rings (SSSR count). The molecule has 0 unspecified atom stereocenters. The quantitative estimate of drug-likeness (QED) is 0.516. The van der Waals surface area contributed by atoms with Crippen LogP contribution in [0.1, 0.15) is 5.56 Å². The Morgan fingerprint density at radius 1 is 0.913 bits per heavy atom. The zero-order valence-corrected chi connectivity index (χ0v) is 13.7. The lowest BCUT2D eigenvalue weighted by Crippen LogP contribution is -1.89. The molecule has 0 atom stereocenters. The van der Waals surface area contributed by atoms with E-state index in [9.17, 15) is 4.79 Å². The van der Waals surface area contributed by atoms with Crippen molar-refractivity contribution in [2.75, 3.05) is 27.9 Å². The number of carbonyl (C=O) groups is 1. The molecule has 0 radical (unpaired) electrons. The van der Waals surface area contributed by atoms with Crippen LogP contribution < -0.4 is 9.47 Å². The molecule has 0 fully saturated rings. The molecule has 0 heterocycles. The van der Waals surface area contributed by atoms with Crippen LogP contribution in [-0.4, -0.2) is 33.7 Å². The van der Waals surface area contributed by atoms with Crippen LogP contribution in [0.25, 0.3) is 6.08 Å². The fourth-order valence-electron chi connectivity index (χ4n) is 1.67. The van der Waals surface area contributed by atoms with E-state index in [2.05, 4.69) is 0 Å². The van der Waals surface area contributed by atoms with E-state index in [0.29, 0.717) is 18.1 Å². The van der Waals surface area contributed by atoms with Crippen molar-refractivity contribution >= 4 is 11.9 Å². The third kappa shape index (κ3) is 7.83. The highest BCUT2D eigenvalue weighted by Gasteiger charge is 1.99. The molecular weight excluding hydrogens is 292 g/mol. The van der Waals surface area contributed by atoms with E-state index in [-0.39, 0.29) is 5.78 Å². The Kier molecular flexibility index (Phi) is 8.86. The van der Waals surface area contributed by atoms with Crippen LogP contribution >= 0.6 is 0 Å². The number of hydrogen-bond acceptors (Lipinski definition) is 4. The zero-order valence-electron chi connectivity index (χ0n) is 13.7. The van der Waals surface area contributed by atoms with Gasteiger partial charge in [0.1, 0.15) is 11.5 Å². The summed E-state index contributed by atoms with van der Waals surface area (Å²) in [6.45, 7) is 0.569. The largest absolute Gasteiger partial charge is 0.497 e. The van der Waals surface area contributed by atoms with Gasteiger partial charge in [0, 0.05) is 13.2 Å². The van der Waals surface area contributed by atoms with E-state index < -0.39 is 0 Å². The van der Waals surface area contributed by atoms with E-state index >= 15 is 0 Å². The topological polar surface area (TPSA) is 44.8 Å². The number of methoxy groups -OCH3 is 3. The lowest BCUT2D eigenvalue weighted by molar-refractivity contribution is -0.110. The summed E-state index contributed by atoms with van der Waals surface area (Å²) in [5.41, 5.74) is 0.834. The molecule has 4 nitrogen and oxygen atoms in total. The van der Waals surface area contributed by atoms with Gasteiger partial charge in [-0.25, -0.2) is 0 Å². The monoisotopic (exact) mass is 314 g/mol. The van der Waals surface area contributed by atoms with Crippen LogP contribution in [0.4, 0.5) is 0 Å². The Hall–Kier alpha value is -2.59. The average Bonchev–Trinajstić information content (AvgIpc) is 2.58. The molecule has 0 N–H and O–H groups in total. The highest BCUT2D eigenvalue weighted by molar-refractivity contribution is 6.02. The average molecular weight is 314 g/mol. The van der Waals surface area contributed by atoms with Gasteiger partial charge in [-0.3, -0.25) is 4.79 Å². The summed E-state index contributed by atoms with van der Waals surface area (Å²) < 4.78 is 15.2. The molecule has 0 saturated heterocycles. The van der Waals surface area contributed by atoms with Crippen molar-refractivity contribution in [3.63, 3.8) is 0 Å². The van der Waals surface area contributed by atoms with Gasteiger partial charge in [0.2, 0.25) is 0 Å². The number of hydrogen-bond donors (Lipinski definition) is 0. The van der Waals surface area contributed by atoms with Crippen molar-refractivity contribution in [1.82, 2.24) is 0 Å². The first kappa shape index (κ1) is 18.5. The predicted molar refractivity (Wildman–Crippen MR) is 92.9 cm³/mol. The lowest BCUT2D eigenvalue weighted by Gasteiger charge is -2.05. The molecule has 23 heavy (non-hydrogen) atoms. The first-order valence-electron chi connectivity index (χ1n) is 7.13. The highest BCUT2D eigenvalue weighted by Crippen LogP contribution is 2.23. The fourth-order valence-corrected chi connectivity index (χ4v) is 1.67. The zero-order chi connectivity index (χ0) is 16.9. The summed E-state index contributed by atoms with van der Waals surface area (Å²) in [5, 5.41) is 0. The van der Waals surface area contributed by atoms with Crippen molar-refractivity contribution in [2.45, 2.75) is 0 Å². The second-order valence-corrected chi connectivity index (χ2v) is 4.51. The van der Waals surface area contributed by atoms with Gasteiger partial charge in [-0.05, 0) is 29.8 Å². The number of carbonyl (C=O) groups excluding carboxylic acids is 1. The second-order valence-electron chi connectivity index (χ2n) is 4.51. The van der Waals surface area contributed by atoms with Crippen LogP contribution in [0.3, 0.4) is 0 Å². The van der Waals surface area contributed by atoms with E-state index in [0.717, 1.165) is 5.56 Å². The van der Waals surface area contributed by atoms with Crippen molar-refractivity contribution in [3.8, 4) is 11.5 Å². The first-order chi connectivity index (χ1) is 11.2. The maximum absolute atomic E-state index is 11.8. The number of ketones is 1. The van der Waals surface area contributed by atoms with Gasteiger partial charge >= 0.3 is 0 Å². The molecule has 0 aliphatic carbocycles. The Balaban J connectivity index is 2.61. The van der Waals surface area contributed by atoms with Crippen molar-refractivity contribution < 1.29 is 19.0 Å². The Morgan fingerprint density at radius 3 is 2.17 bits per heavy atom. The molecule has 0 bridgehead atoms. The third-order valence-electron chi connectivity index (χ3n) is 2.81. The minimum atomic E-state index is -0.0997. The van der Waals surface area contributed by atoms with Crippen LogP contribution in [0.5, 0.6) is 11.5 Å². The smallest absolute Gasteiger partial charge is 0.178 e. The van der Waals surface area contributed by atoms with Gasteiger partial charge in [-0.15, -0.1) is 0 Å². The molecule has 1 aromatic rings. The van der Waals surface area contributed by atoms with Gasteiger partial charge < -0.3 is 14.2 Å². The standard InChI is InChI=1S/C19H22O4/c1-21-12-8-6-4-5-7-9-17(20)11-10-16-13-18(22-2)15-19(14-16)23-3/h4-11,13-15H,12H2,1-3H3/b5-4+,8-6+,9-7+,11-10+. The summed E-state index contributed by atoms with van der Waals surface area (Å²) >= 11 is 0. The summed E-state index contributed by atoms with van der Waals surface area (Å²) in [5.74, 6) is 1.26. The van der Waals surface area contributed by atoms with E-state index in [4.69, 9.17) is 14.2 Å². The number of allylic oxidation sites excluding steroid dienone is 6. The van der Waals surface area contributed by atoms with Gasteiger partial charge in [0.05, 0.1) is 20.8 Å². The molecule has 1 aromatic carbocycles. The van der Waals surface area contributed by atoms with Crippen LogP contribution in [0, 0.1) is 0 Å². The molecule has 122 valence electrons. The molecule has 4 heteroatoms. The fraction of sp³-hybridized carbons (Fsp3) is 0.211. The van der Waals surface area contributed by atoms with Crippen LogP contribution in [0.2, 0.25) is 0 Å². The SMILES string of the molecule is COC/C=C/C=C/C=C/C(=O)/C=C/c1cc(OC)cc(OC)c1. The van der Waals surface area contributed by atoms with Crippen LogP contribution in [0.15, 0.2) is 60.7 Å². The normalized spacial score (nSPS) is 12.0. The first-order valence-corrected chi connectivity index (χ1v) is 7.13. The molecule has 0 saturated carbocycles. The molecule has 0 aromatic heterocycles. The summed E-state index contributed by atoms with van der Waals surface area (Å²) in [6, 6.07) is 5.44. The Morgan fingerprint density at radius 2 is 1.57 bits per heavy atom. The van der Waals surface area contributed by atoms with Crippen molar-refractivity contribution in [1.29, 1.82) is 0 Å². The summed E-state index contributed by atoms with van der Waals surface area (Å²) in [4.78, 5) is 11.8. The minimum absolute atomic E-state index is 0.0997. The lowest BCUT2D eigenvalue weighted by atomic mass is 10.1. The van der Waals surface area contributed by atoms with E-state index in [1.165, 1.54) is 12.2 Å². The maximum atomic E-state index is 11.8. The Bertz CT molecular complexity index is 588.